The van der Waals surface area contributed by atoms with Gasteiger partial charge in [-0.3, -0.25) is 0 Å². The van der Waals surface area contributed by atoms with Crippen molar-refractivity contribution in [3.05, 3.63) is 35.4 Å². The Hall–Kier alpha value is -1.61. The Kier molecular flexibility index (Phi) is 3.15. The van der Waals surface area contributed by atoms with Gasteiger partial charge in [0.2, 0.25) is 0 Å². The third-order valence-electron chi connectivity index (χ3n) is 3.61. The van der Waals surface area contributed by atoms with E-state index in [1.807, 2.05) is 0 Å². The molecule has 1 fully saturated rings. The van der Waals surface area contributed by atoms with Gasteiger partial charge in [0, 0.05) is 37.6 Å². The van der Waals surface area contributed by atoms with Crippen LogP contribution in [0, 0.1) is 6.92 Å². The summed E-state index contributed by atoms with van der Waals surface area (Å²) >= 11 is 0. The van der Waals surface area contributed by atoms with Crippen LogP contribution in [0.2, 0.25) is 0 Å². The smallest absolute Gasteiger partial charge is 0.133 e. The molecule has 0 spiro atoms. The highest BCUT2D eigenvalue weighted by Gasteiger charge is 2.21. The Labute approximate surface area is 114 Å². The predicted molar refractivity (Wildman–Crippen MR) is 80.7 cm³/mol. The minimum atomic E-state index is 0.726. The fourth-order valence-electron chi connectivity index (χ4n) is 2.37. The zero-order valence-electron chi connectivity index (χ0n) is 11.9. The number of hydrogen-bond acceptors (Lipinski definition) is 3. The van der Waals surface area contributed by atoms with E-state index in [2.05, 4.69) is 55.5 Å². The van der Waals surface area contributed by atoms with Crippen molar-refractivity contribution < 1.29 is 0 Å². The van der Waals surface area contributed by atoms with Crippen molar-refractivity contribution in [2.24, 2.45) is 0 Å². The number of benzene rings is 1. The lowest BCUT2D eigenvalue weighted by Gasteiger charge is -2.18. The Morgan fingerprint density at radius 3 is 2.74 bits per heavy atom. The van der Waals surface area contributed by atoms with E-state index in [0.29, 0.717) is 0 Å². The first-order valence-electron chi connectivity index (χ1n) is 6.94. The van der Waals surface area contributed by atoms with Gasteiger partial charge in [-0.2, -0.15) is 0 Å². The maximum absolute atomic E-state index is 4.82. The van der Waals surface area contributed by atoms with Crippen molar-refractivity contribution in [2.75, 3.05) is 19.0 Å². The van der Waals surface area contributed by atoms with Crippen LogP contribution in [0.15, 0.2) is 24.3 Å². The van der Waals surface area contributed by atoms with E-state index in [1.165, 1.54) is 29.4 Å². The minimum absolute atomic E-state index is 0.726. The maximum atomic E-state index is 4.82. The molecule has 3 rings (SSSR count). The molecule has 1 aromatic carbocycles. The van der Waals surface area contributed by atoms with Gasteiger partial charge in [-0.15, -0.1) is 0 Å². The molecule has 1 saturated carbocycles. The Bertz CT molecular complexity index is 600. The maximum Gasteiger partial charge on any atom is 0.133 e. The zero-order valence-corrected chi connectivity index (χ0v) is 11.9. The van der Waals surface area contributed by atoms with Crippen LogP contribution in [0.4, 0.5) is 5.82 Å². The SMILES string of the molecule is Cc1ccc2cc(CNC3CC3)c(N(C)C)nc2c1. The van der Waals surface area contributed by atoms with Crippen molar-refractivity contribution in [2.45, 2.75) is 32.4 Å². The summed E-state index contributed by atoms with van der Waals surface area (Å²) in [5, 5.41) is 4.80. The molecule has 1 heterocycles. The summed E-state index contributed by atoms with van der Waals surface area (Å²) < 4.78 is 0. The van der Waals surface area contributed by atoms with Gasteiger partial charge in [0.25, 0.3) is 0 Å². The second-order valence-electron chi connectivity index (χ2n) is 5.72. The second-order valence-corrected chi connectivity index (χ2v) is 5.72. The highest BCUT2D eigenvalue weighted by atomic mass is 15.1. The monoisotopic (exact) mass is 255 g/mol. The summed E-state index contributed by atoms with van der Waals surface area (Å²) in [4.78, 5) is 6.92. The molecule has 1 aliphatic rings. The first-order chi connectivity index (χ1) is 9.13. The summed E-state index contributed by atoms with van der Waals surface area (Å²) in [5.74, 6) is 1.08. The summed E-state index contributed by atoms with van der Waals surface area (Å²) in [5.41, 5.74) is 3.63. The molecule has 0 amide bonds. The number of rotatable bonds is 4. The molecule has 0 unspecified atom stereocenters. The van der Waals surface area contributed by atoms with Gasteiger partial charge in [-0.1, -0.05) is 12.1 Å². The quantitative estimate of drug-likeness (QED) is 0.910. The van der Waals surface area contributed by atoms with Crippen molar-refractivity contribution >= 4 is 16.7 Å². The summed E-state index contributed by atoms with van der Waals surface area (Å²) in [7, 11) is 4.12. The Morgan fingerprint density at radius 2 is 2.05 bits per heavy atom. The van der Waals surface area contributed by atoms with Crippen LogP contribution in [-0.2, 0) is 6.54 Å². The number of pyridine rings is 1. The fourth-order valence-corrected chi connectivity index (χ4v) is 2.37. The van der Waals surface area contributed by atoms with Gasteiger partial charge < -0.3 is 10.2 Å². The zero-order chi connectivity index (χ0) is 13.4. The van der Waals surface area contributed by atoms with Crippen molar-refractivity contribution in [3.8, 4) is 0 Å². The number of hydrogen-bond donors (Lipinski definition) is 1. The van der Waals surface area contributed by atoms with E-state index >= 15 is 0 Å². The van der Waals surface area contributed by atoms with E-state index in [-0.39, 0.29) is 0 Å². The Morgan fingerprint density at radius 1 is 1.26 bits per heavy atom. The molecule has 0 saturated heterocycles. The second kappa shape index (κ2) is 4.82. The van der Waals surface area contributed by atoms with Gasteiger partial charge in [-0.25, -0.2) is 4.98 Å². The lowest BCUT2D eigenvalue weighted by Crippen LogP contribution is -2.20. The first kappa shape index (κ1) is 12.4. The van der Waals surface area contributed by atoms with E-state index in [1.54, 1.807) is 0 Å². The predicted octanol–water partition coefficient (Wildman–Crippen LogP) is 2.86. The summed E-state index contributed by atoms with van der Waals surface area (Å²) in [6.07, 6.45) is 2.63. The number of anilines is 1. The van der Waals surface area contributed by atoms with Crippen LogP contribution in [0.25, 0.3) is 10.9 Å². The molecule has 0 radical (unpaired) electrons. The fraction of sp³-hybridized carbons (Fsp3) is 0.438. The van der Waals surface area contributed by atoms with E-state index in [0.717, 1.165) is 23.9 Å². The van der Waals surface area contributed by atoms with Crippen LogP contribution < -0.4 is 10.2 Å². The summed E-state index contributed by atoms with van der Waals surface area (Å²) in [6.45, 7) is 3.02. The molecule has 1 N–H and O–H groups in total. The first-order valence-corrected chi connectivity index (χ1v) is 6.94. The summed E-state index contributed by atoms with van der Waals surface area (Å²) in [6, 6.07) is 9.46. The number of aryl methyl sites for hydroxylation is 1. The van der Waals surface area contributed by atoms with E-state index < -0.39 is 0 Å². The molecule has 100 valence electrons. The van der Waals surface area contributed by atoms with Crippen molar-refractivity contribution in [1.29, 1.82) is 0 Å². The standard InChI is InChI=1S/C16H21N3/c1-11-4-5-12-9-13(10-17-14-6-7-14)16(19(2)3)18-15(12)8-11/h4-5,8-9,14,17H,6-7,10H2,1-3H3. The van der Waals surface area contributed by atoms with E-state index in [4.69, 9.17) is 4.98 Å². The lowest BCUT2D eigenvalue weighted by atomic mass is 10.1. The third kappa shape index (κ3) is 2.71. The number of aromatic nitrogens is 1. The van der Waals surface area contributed by atoms with Gasteiger partial charge >= 0.3 is 0 Å². The molecule has 0 bridgehead atoms. The van der Waals surface area contributed by atoms with Gasteiger partial charge in [-0.05, 0) is 37.5 Å². The van der Waals surface area contributed by atoms with Crippen molar-refractivity contribution in [3.63, 3.8) is 0 Å². The number of fused-ring (bicyclic) bond motifs is 1. The van der Waals surface area contributed by atoms with Crippen LogP contribution in [0.1, 0.15) is 24.0 Å². The van der Waals surface area contributed by atoms with Crippen LogP contribution in [-0.4, -0.2) is 25.1 Å². The third-order valence-corrected chi connectivity index (χ3v) is 3.61. The molecule has 2 aromatic rings. The van der Waals surface area contributed by atoms with Crippen LogP contribution >= 0.6 is 0 Å². The van der Waals surface area contributed by atoms with Crippen LogP contribution in [0.3, 0.4) is 0 Å². The minimum Gasteiger partial charge on any atom is -0.362 e. The molecule has 3 heteroatoms. The molecule has 19 heavy (non-hydrogen) atoms. The molecule has 0 aliphatic heterocycles. The lowest BCUT2D eigenvalue weighted by molar-refractivity contribution is 0.686. The normalized spacial score (nSPS) is 14.9. The van der Waals surface area contributed by atoms with Crippen LogP contribution in [0.5, 0.6) is 0 Å². The topological polar surface area (TPSA) is 28.2 Å². The molecule has 1 aromatic heterocycles. The average molecular weight is 255 g/mol. The molecule has 0 atom stereocenters. The molecule has 3 nitrogen and oxygen atoms in total. The van der Waals surface area contributed by atoms with Gasteiger partial charge in [0.1, 0.15) is 5.82 Å². The number of nitrogens with zero attached hydrogens (tertiary/aromatic N) is 2. The average Bonchev–Trinajstić information content (AvgIpc) is 3.19. The van der Waals surface area contributed by atoms with Crippen molar-refractivity contribution in [1.82, 2.24) is 10.3 Å². The Balaban J connectivity index is 2.01. The molecular weight excluding hydrogens is 234 g/mol. The van der Waals surface area contributed by atoms with Gasteiger partial charge in [0.15, 0.2) is 0 Å². The molecule has 1 aliphatic carbocycles. The largest absolute Gasteiger partial charge is 0.362 e. The van der Waals surface area contributed by atoms with Gasteiger partial charge in [0.05, 0.1) is 5.52 Å². The van der Waals surface area contributed by atoms with E-state index in [9.17, 15) is 0 Å². The number of nitrogens with one attached hydrogen (secondary N) is 1. The molecular formula is C16H21N3. The highest BCUT2D eigenvalue weighted by molar-refractivity contribution is 5.82. The highest BCUT2D eigenvalue weighted by Crippen LogP contribution is 2.25.